The van der Waals surface area contributed by atoms with E-state index in [1.807, 2.05) is 44.2 Å². The summed E-state index contributed by atoms with van der Waals surface area (Å²) in [5.41, 5.74) is 0.550. The molecular weight excluding hydrogens is 258 g/mol. The normalized spacial score (nSPS) is 23.3. The monoisotopic (exact) mass is 279 g/mol. The van der Waals surface area contributed by atoms with Gasteiger partial charge in [-0.1, -0.05) is 36.8 Å². The van der Waals surface area contributed by atoms with Crippen molar-refractivity contribution in [2.24, 2.45) is 5.92 Å². The fourth-order valence-corrected chi connectivity index (χ4v) is 3.12. The van der Waals surface area contributed by atoms with E-state index in [1.165, 1.54) is 0 Å². The molecule has 104 valence electrons. The highest BCUT2D eigenvalue weighted by atomic mass is 35.5. The number of hydrogen-bond donors (Lipinski definition) is 1. The van der Waals surface area contributed by atoms with Crippen molar-refractivity contribution >= 4 is 17.5 Å². The first-order chi connectivity index (χ1) is 9.05. The van der Waals surface area contributed by atoms with Crippen LogP contribution in [0.25, 0.3) is 0 Å². The summed E-state index contributed by atoms with van der Waals surface area (Å²) in [6.07, 6.45) is 3.34. The van der Waals surface area contributed by atoms with Crippen LogP contribution in [-0.2, 0) is 10.2 Å². The number of alkyl halides is 1. The molecule has 0 aromatic heterocycles. The number of carbonyl (C=O) groups excluding carboxylic acids is 1. The molecule has 1 aromatic rings. The molecule has 1 amide bonds. The van der Waals surface area contributed by atoms with Crippen molar-refractivity contribution in [3.63, 3.8) is 0 Å². The van der Waals surface area contributed by atoms with Crippen molar-refractivity contribution in [3.8, 4) is 0 Å². The van der Waals surface area contributed by atoms with Crippen LogP contribution in [0, 0.1) is 5.92 Å². The van der Waals surface area contributed by atoms with Gasteiger partial charge >= 0.3 is 0 Å². The molecule has 0 heterocycles. The highest BCUT2D eigenvalue weighted by Crippen LogP contribution is 2.29. The maximum atomic E-state index is 12.5. The number of hydrogen-bond acceptors (Lipinski definition) is 1. The molecule has 0 bridgehead atoms. The van der Waals surface area contributed by atoms with Crippen LogP contribution in [0.4, 0.5) is 0 Å². The first-order valence-corrected chi connectivity index (χ1v) is 7.51. The van der Waals surface area contributed by atoms with Crippen molar-refractivity contribution < 1.29 is 4.79 Å². The number of nitrogens with one attached hydrogen (secondary N) is 1. The lowest BCUT2D eigenvalue weighted by Gasteiger charge is -2.28. The highest BCUT2D eigenvalue weighted by molar-refractivity contribution is 6.18. The Morgan fingerprint density at radius 1 is 1.32 bits per heavy atom. The van der Waals surface area contributed by atoms with Gasteiger partial charge in [0.05, 0.1) is 5.41 Å². The Morgan fingerprint density at radius 3 is 2.63 bits per heavy atom. The third kappa shape index (κ3) is 3.11. The van der Waals surface area contributed by atoms with Crippen LogP contribution in [0.5, 0.6) is 0 Å². The molecule has 19 heavy (non-hydrogen) atoms. The molecule has 1 aromatic carbocycles. The van der Waals surface area contributed by atoms with Gasteiger partial charge in [0.25, 0.3) is 0 Å². The lowest BCUT2D eigenvalue weighted by molar-refractivity contribution is -0.126. The first-order valence-electron chi connectivity index (χ1n) is 6.98. The van der Waals surface area contributed by atoms with E-state index >= 15 is 0 Å². The molecule has 0 saturated heterocycles. The maximum absolute atomic E-state index is 12.5. The number of benzene rings is 1. The second-order valence-electron chi connectivity index (χ2n) is 5.92. The van der Waals surface area contributed by atoms with E-state index in [0.29, 0.717) is 11.8 Å². The summed E-state index contributed by atoms with van der Waals surface area (Å²) in [6.45, 7) is 3.95. The third-order valence-electron chi connectivity index (χ3n) is 4.24. The average Bonchev–Trinajstić information content (AvgIpc) is 2.87. The van der Waals surface area contributed by atoms with Gasteiger partial charge < -0.3 is 5.32 Å². The third-order valence-corrected chi connectivity index (χ3v) is 4.63. The van der Waals surface area contributed by atoms with Crippen molar-refractivity contribution in [3.05, 3.63) is 35.9 Å². The predicted molar refractivity (Wildman–Crippen MR) is 79.5 cm³/mol. The Bertz CT molecular complexity index is 430. The summed E-state index contributed by atoms with van der Waals surface area (Å²) in [6, 6.07) is 10.2. The second kappa shape index (κ2) is 5.96. The van der Waals surface area contributed by atoms with E-state index < -0.39 is 5.41 Å². The fraction of sp³-hybridized carbons (Fsp3) is 0.562. The molecule has 1 aliphatic rings. The Kier molecular flexibility index (Phi) is 4.51. The zero-order valence-corrected chi connectivity index (χ0v) is 12.4. The molecule has 1 N–H and O–H groups in total. The number of halogens is 1. The zero-order chi connectivity index (χ0) is 13.9. The van der Waals surface area contributed by atoms with Gasteiger partial charge in [0.1, 0.15) is 0 Å². The summed E-state index contributed by atoms with van der Waals surface area (Å²) in [5, 5.41) is 3.20. The molecule has 2 unspecified atom stereocenters. The lowest BCUT2D eigenvalue weighted by Crippen LogP contribution is -2.46. The average molecular weight is 280 g/mol. The SMILES string of the molecule is CC(C)(C(=O)NC1CCCC1CCl)c1ccccc1. The standard InChI is InChI=1S/C16H22ClNO/c1-16(2,13-8-4-3-5-9-13)15(19)18-14-10-6-7-12(14)11-17/h3-5,8-9,12,14H,6-7,10-11H2,1-2H3,(H,18,19). The van der Waals surface area contributed by atoms with Gasteiger partial charge in [0, 0.05) is 11.9 Å². The van der Waals surface area contributed by atoms with Gasteiger partial charge in [-0.05, 0) is 38.2 Å². The zero-order valence-electron chi connectivity index (χ0n) is 11.7. The van der Waals surface area contributed by atoms with Crippen LogP contribution < -0.4 is 5.32 Å². The topological polar surface area (TPSA) is 29.1 Å². The molecule has 1 aliphatic carbocycles. The smallest absolute Gasteiger partial charge is 0.230 e. The van der Waals surface area contributed by atoms with Gasteiger partial charge in [0.15, 0.2) is 0 Å². The number of rotatable bonds is 4. The Hall–Kier alpha value is -1.02. The van der Waals surface area contributed by atoms with Crippen LogP contribution in [-0.4, -0.2) is 17.8 Å². The molecule has 3 heteroatoms. The summed E-state index contributed by atoms with van der Waals surface area (Å²) in [7, 11) is 0. The van der Waals surface area contributed by atoms with Crippen molar-refractivity contribution in [1.29, 1.82) is 0 Å². The van der Waals surface area contributed by atoms with Gasteiger partial charge in [-0.15, -0.1) is 11.6 Å². The molecule has 2 nitrogen and oxygen atoms in total. The largest absolute Gasteiger partial charge is 0.352 e. The van der Waals surface area contributed by atoms with E-state index in [1.54, 1.807) is 0 Å². The molecule has 0 aliphatic heterocycles. The maximum Gasteiger partial charge on any atom is 0.230 e. The van der Waals surface area contributed by atoms with E-state index in [0.717, 1.165) is 24.8 Å². The van der Waals surface area contributed by atoms with Crippen LogP contribution >= 0.6 is 11.6 Å². The molecule has 0 radical (unpaired) electrons. The van der Waals surface area contributed by atoms with Crippen molar-refractivity contribution in [2.75, 3.05) is 5.88 Å². The van der Waals surface area contributed by atoms with E-state index in [2.05, 4.69) is 5.32 Å². The van der Waals surface area contributed by atoms with Crippen molar-refractivity contribution in [2.45, 2.75) is 44.6 Å². The van der Waals surface area contributed by atoms with E-state index in [-0.39, 0.29) is 11.9 Å². The fourth-order valence-electron chi connectivity index (χ4n) is 2.75. The van der Waals surface area contributed by atoms with E-state index in [9.17, 15) is 4.79 Å². The molecule has 0 spiro atoms. The number of amides is 1. The molecule has 2 atom stereocenters. The van der Waals surface area contributed by atoms with Gasteiger partial charge in [0.2, 0.25) is 5.91 Å². The second-order valence-corrected chi connectivity index (χ2v) is 6.22. The molecule has 1 saturated carbocycles. The summed E-state index contributed by atoms with van der Waals surface area (Å²) < 4.78 is 0. The quantitative estimate of drug-likeness (QED) is 0.840. The molecular formula is C16H22ClNO. The Balaban J connectivity index is 2.07. The van der Waals surface area contributed by atoms with Crippen molar-refractivity contribution in [1.82, 2.24) is 5.32 Å². The minimum absolute atomic E-state index is 0.0979. The number of carbonyl (C=O) groups is 1. The minimum atomic E-state index is -0.499. The van der Waals surface area contributed by atoms with Gasteiger partial charge in [-0.3, -0.25) is 4.79 Å². The van der Waals surface area contributed by atoms with E-state index in [4.69, 9.17) is 11.6 Å². The van der Waals surface area contributed by atoms with Crippen LogP contribution in [0.15, 0.2) is 30.3 Å². The predicted octanol–water partition coefficient (Wildman–Crippen LogP) is 3.49. The van der Waals surface area contributed by atoms with Crippen LogP contribution in [0.1, 0.15) is 38.7 Å². The Labute approximate surface area is 120 Å². The first kappa shape index (κ1) is 14.4. The Morgan fingerprint density at radius 2 is 2.00 bits per heavy atom. The molecule has 2 rings (SSSR count). The summed E-state index contributed by atoms with van der Waals surface area (Å²) in [5.74, 6) is 1.16. The van der Waals surface area contributed by atoms with Gasteiger partial charge in [-0.25, -0.2) is 0 Å². The minimum Gasteiger partial charge on any atom is -0.352 e. The van der Waals surface area contributed by atoms with Gasteiger partial charge in [-0.2, -0.15) is 0 Å². The van der Waals surface area contributed by atoms with Crippen LogP contribution in [0.2, 0.25) is 0 Å². The highest BCUT2D eigenvalue weighted by Gasteiger charge is 2.34. The summed E-state index contributed by atoms with van der Waals surface area (Å²) in [4.78, 5) is 12.5. The summed E-state index contributed by atoms with van der Waals surface area (Å²) >= 11 is 5.97. The lowest BCUT2D eigenvalue weighted by atomic mass is 9.83. The van der Waals surface area contributed by atoms with Crippen LogP contribution in [0.3, 0.4) is 0 Å². The molecule has 1 fully saturated rings.